The van der Waals surface area contributed by atoms with E-state index in [0.29, 0.717) is 0 Å². The molecule has 0 bridgehead atoms. The summed E-state index contributed by atoms with van der Waals surface area (Å²) in [5.74, 6) is 0. The molecule has 0 heterocycles. The van der Waals surface area contributed by atoms with E-state index in [-0.39, 0.29) is 0 Å². The van der Waals surface area contributed by atoms with Gasteiger partial charge in [-0.05, 0) is 0 Å². The van der Waals surface area contributed by atoms with Gasteiger partial charge in [-0.15, -0.1) is 0 Å². The average molecular weight is 314 g/mol. The first kappa shape index (κ1) is 9.36. The van der Waals surface area contributed by atoms with Crippen LogP contribution < -0.4 is 0 Å². The summed E-state index contributed by atoms with van der Waals surface area (Å²) in [6.45, 7) is -5.22. The second-order valence-electron chi connectivity index (χ2n) is 0.758. The number of hydrogen-bond donors (Lipinski definition) is 0. The van der Waals surface area contributed by atoms with E-state index in [1.54, 1.807) is 0 Å². The van der Waals surface area contributed by atoms with Gasteiger partial charge in [0.1, 0.15) is 0 Å². The van der Waals surface area contributed by atoms with Gasteiger partial charge < -0.3 is 0 Å². The predicted octanol–water partition coefficient (Wildman–Crippen LogP) is 4.13. The van der Waals surface area contributed by atoms with Crippen molar-refractivity contribution < 1.29 is 6.48 Å². The Labute approximate surface area is 63.9 Å². The van der Waals surface area contributed by atoms with Gasteiger partial charge in [0.15, 0.2) is 0 Å². The van der Waals surface area contributed by atoms with Crippen molar-refractivity contribution in [1.29, 1.82) is 0 Å². The molecule has 0 amide bonds. The second-order valence-corrected chi connectivity index (χ2v) is 40.3. The van der Waals surface area contributed by atoms with Gasteiger partial charge in [0.25, 0.3) is 0 Å². The molecule has 0 aromatic rings. The molecule has 0 nitrogen and oxygen atoms in total. The zero-order valence-corrected chi connectivity index (χ0v) is 8.90. The van der Waals surface area contributed by atoms with Crippen LogP contribution in [0.4, 0.5) is 0 Å². The number of hydrogen-bond acceptors (Lipinski definition) is 0. The van der Waals surface area contributed by atoms with Crippen molar-refractivity contribution in [2.75, 3.05) is 0 Å². The van der Waals surface area contributed by atoms with Crippen molar-refractivity contribution in [3.8, 4) is 0 Å². The van der Waals surface area contributed by atoms with Gasteiger partial charge in [0, 0.05) is 0 Å². The summed E-state index contributed by atoms with van der Waals surface area (Å²) in [6, 6.07) is 0. The molecule has 0 spiro atoms. The van der Waals surface area contributed by atoms with Crippen molar-refractivity contribution in [3.05, 3.63) is 0 Å². The van der Waals surface area contributed by atoms with E-state index in [1.807, 2.05) is 0 Å². The van der Waals surface area contributed by atoms with Crippen LogP contribution in [0, 0.1) is 0 Å². The van der Waals surface area contributed by atoms with E-state index in [0.717, 1.165) is 0 Å². The fourth-order valence-electron chi connectivity index (χ4n) is 0. The van der Waals surface area contributed by atoms with Gasteiger partial charge in [0.2, 0.25) is 0 Å². The van der Waals surface area contributed by atoms with Gasteiger partial charge in [-0.3, -0.25) is 0 Å². The quantitative estimate of drug-likeness (QED) is 0.590. The Kier molecular flexibility index (Phi) is 2.01. The van der Waals surface area contributed by atoms with Crippen LogP contribution in [-0.4, -0.2) is 0 Å². The van der Waals surface area contributed by atoms with Crippen LogP contribution >= 0.6 is 58.1 Å². The van der Waals surface area contributed by atoms with E-state index >= 15 is 0 Å². The normalized spacial score (nSPS) is 23.1. The third-order valence-electron chi connectivity index (χ3n) is 0. The zero-order chi connectivity index (χ0) is 6.41. The molecule has 0 aliphatic rings. The Balaban J connectivity index is 4.43. The monoisotopic (exact) mass is 312 g/mol. The molecule has 0 aliphatic carbocycles. The summed E-state index contributed by atoms with van der Waals surface area (Å²) in [4.78, 5) is 0. The Bertz CT molecular complexity index is 62.7. The summed E-state index contributed by atoms with van der Waals surface area (Å²) in [5.41, 5.74) is 0. The van der Waals surface area contributed by atoms with Crippen LogP contribution in [-0.2, 0) is 6.48 Å². The topological polar surface area (TPSA) is 0 Å². The SMILES string of the molecule is [Cl][Ru]([Cl])([Cl])([Cl])([Cl])[Cl]. The molecular formula is Cl6Ru. The van der Waals surface area contributed by atoms with Gasteiger partial charge in [-0.25, -0.2) is 0 Å². The molecule has 0 rings (SSSR count). The van der Waals surface area contributed by atoms with E-state index in [1.165, 1.54) is 0 Å². The summed E-state index contributed by atoms with van der Waals surface area (Å²) in [7, 11) is 30.3. The molecule has 0 aliphatic heterocycles. The zero-order valence-electron chi connectivity index (χ0n) is 2.62. The van der Waals surface area contributed by atoms with E-state index in [2.05, 4.69) is 0 Å². The van der Waals surface area contributed by atoms with Crippen molar-refractivity contribution in [1.82, 2.24) is 0 Å². The van der Waals surface area contributed by atoms with Crippen LogP contribution in [0.2, 0.25) is 0 Å². The van der Waals surface area contributed by atoms with Gasteiger partial charge in [-0.1, -0.05) is 0 Å². The maximum absolute atomic E-state index is 5.22. The van der Waals surface area contributed by atoms with Crippen LogP contribution in [0.15, 0.2) is 0 Å². The predicted molar refractivity (Wildman–Crippen MR) is 35.1 cm³/mol. The minimum atomic E-state index is -5.22. The summed E-state index contributed by atoms with van der Waals surface area (Å²) < 4.78 is 0. The van der Waals surface area contributed by atoms with Gasteiger partial charge in [0.05, 0.1) is 0 Å². The Morgan fingerprint density at radius 2 is 0.571 bits per heavy atom. The van der Waals surface area contributed by atoms with E-state index in [4.69, 9.17) is 58.1 Å². The Morgan fingerprint density at radius 3 is 0.571 bits per heavy atom. The standard InChI is InChI=1S/6ClH.Ru/h6*1H;/q;;;;;;+6/p-6. The molecule has 7 heavy (non-hydrogen) atoms. The molecule has 50 valence electrons. The van der Waals surface area contributed by atoms with Crippen molar-refractivity contribution in [2.24, 2.45) is 0 Å². The summed E-state index contributed by atoms with van der Waals surface area (Å²) >= 11 is 0. The minimum absolute atomic E-state index is 5.04. The molecule has 0 saturated carbocycles. The fraction of sp³-hybridized carbons (Fsp3) is 0. The number of rotatable bonds is 0. The number of halogens is 6. The van der Waals surface area contributed by atoms with Crippen molar-refractivity contribution in [3.63, 3.8) is 0 Å². The van der Waals surface area contributed by atoms with Crippen LogP contribution in [0.5, 0.6) is 0 Å². The maximum atomic E-state index is 5.04. The third-order valence-corrected chi connectivity index (χ3v) is 0. The van der Waals surface area contributed by atoms with Crippen molar-refractivity contribution >= 4 is 58.1 Å². The molecule has 0 fully saturated rings. The molecular weight excluding hydrogens is 314 g/mol. The molecule has 0 unspecified atom stereocenters. The van der Waals surface area contributed by atoms with Crippen LogP contribution in [0.25, 0.3) is 0 Å². The van der Waals surface area contributed by atoms with Gasteiger partial charge in [-0.2, -0.15) is 0 Å². The molecule has 0 aromatic heterocycles. The summed E-state index contributed by atoms with van der Waals surface area (Å²) in [5, 5.41) is 0. The first-order valence-electron chi connectivity index (χ1n) is 0.802. The molecule has 0 N–H and O–H groups in total. The fourth-order valence-corrected chi connectivity index (χ4v) is 0. The Hall–Kier alpha value is 2.36. The second kappa shape index (κ2) is 1.50. The van der Waals surface area contributed by atoms with Crippen LogP contribution in [0.3, 0.4) is 0 Å². The first-order valence-corrected chi connectivity index (χ1v) is 14.2. The molecule has 0 aromatic carbocycles. The first-order chi connectivity index (χ1) is 2.45. The molecule has 7 heteroatoms. The van der Waals surface area contributed by atoms with E-state index < -0.39 is 6.48 Å². The van der Waals surface area contributed by atoms with E-state index in [9.17, 15) is 0 Å². The van der Waals surface area contributed by atoms with Crippen molar-refractivity contribution in [2.45, 2.75) is 0 Å². The Morgan fingerprint density at radius 1 is 0.571 bits per heavy atom. The summed E-state index contributed by atoms with van der Waals surface area (Å²) in [6.07, 6.45) is 0. The molecule has 0 saturated heterocycles. The average Bonchev–Trinajstić information content (AvgIpc) is 0.592. The van der Waals surface area contributed by atoms with Gasteiger partial charge >= 0.3 is 64.6 Å². The third kappa shape index (κ3) is 60.6. The molecule has 0 radical (unpaired) electrons. The molecule has 0 atom stereocenters. The van der Waals surface area contributed by atoms with Crippen LogP contribution in [0.1, 0.15) is 0 Å².